The molecular weight excluding hydrogens is 305 g/mol. The Morgan fingerprint density at radius 3 is 2.52 bits per heavy atom. The molecule has 0 saturated heterocycles. The van der Waals surface area contributed by atoms with Crippen LogP contribution in [-0.4, -0.2) is 6.54 Å². The van der Waals surface area contributed by atoms with Crippen molar-refractivity contribution in [2.45, 2.75) is 13.2 Å². The van der Waals surface area contributed by atoms with Crippen molar-refractivity contribution in [2.24, 2.45) is 0 Å². The van der Waals surface area contributed by atoms with Crippen molar-refractivity contribution in [2.75, 3.05) is 6.54 Å². The van der Waals surface area contributed by atoms with Crippen LogP contribution in [0.2, 0.25) is 10.0 Å². The summed E-state index contributed by atoms with van der Waals surface area (Å²) in [6.07, 6.45) is 1.84. The molecule has 4 heteroatoms. The van der Waals surface area contributed by atoms with Crippen LogP contribution >= 0.6 is 23.2 Å². The van der Waals surface area contributed by atoms with Crippen LogP contribution in [0.25, 0.3) is 0 Å². The first-order valence-electron chi connectivity index (χ1n) is 6.66. The summed E-state index contributed by atoms with van der Waals surface area (Å²) in [7, 11) is 0. The third-order valence-electron chi connectivity index (χ3n) is 2.95. The Morgan fingerprint density at radius 1 is 1.10 bits per heavy atom. The predicted molar refractivity (Wildman–Crippen MR) is 89.1 cm³/mol. The standard InChI is InChI=1S/C17H17Cl2NO/c1-2-9-20-11-13-3-7-16(8-4-13)21-12-14-5-6-15(18)10-17(14)19/h2-8,10,20H,1,9,11-12H2. The van der Waals surface area contributed by atoms with E-state index in [9.17, 15) is 0 Å². The van der Waals surface area contributed by atoms with Crippen LogP contribution in [-0.2, 0) is 13.2 Å². The number of halogens is 2. The number of nitrogens with one attached hydrogen (secondary N) is 1. The second-order valence-corrected chi connectivity index (χ2v) is 5.43. The lowest BCUT2D eigenvalue weighted by Gasteiger charge is -2.09. The normalized spacial score (nSPS) is 10.4. The van der Waals surface area contributed by atoms with E-state index in [1.54, 1.807) is 12.1 Å². The van der Waals surface area contributed by atoms with Gasteiger partial charge < -0.3 is 10.1 Å². The van der Waals surface area contributed by atoms with E-state index in [1.165, 1.54) is 5.56 Å². The minimum Gasteiger partial charge on any atom is -0.489 e. The fourth-order valence-electron chi connectivity index (χ4n) is 1.82. The molecule has 0 saturated carbocycles. The lowest BCUT2D eigenvalue weighted by Crippen LogP contribution is -2.12. The van der Waals surface area contributed by atoms with E-state index in [0.717, 1.165) is 24.4 Å². The zero-order valence-electron chi connectivity index (χ0n) is 11.6. The maximum Gasteiger partial charge on any atom is 0.119 e. The quantitative estimate of drug-likeness (QED) is 0.581. The van der Waals surface area contributed by atoms with Crippen molar-refractivity contribution in [3.63, 3.8) is 0 Å². The zero-order valence-corrected chi connectivity index (χ0v) is 13.1. The average molecular weight is 322 g/mol. The Morgan fingerprint density at radius 2 is 1.86 bits per heavy atom. The Bertz CT molecular complexity index is 596. The van der Waals surface area contributed by atoms with Crippen LogP contribution in [0.3, 0.4) is 0 Å². The van der Waals surface area contributed by atoms with Crippen LogP contribution in [0.15, 0.2) is 55.1 Å². The minimum absolute atomic E-state index is 0.421. The summed E-state index contributed by atoms with van der Waals surface area (Å²) < 4.78 is 5.73. The molecule has 0 radical (unpaired) electrons. The summed E-state index contributed by atoms with van der Waals surface area (Å²) >= 11 is 12.0. The van der Waals surface area contributed by atoms with Gasteiger partial charge >= 0.3 is 0 Å². The van der Waals surface area contributed by atoms with Crippen molar-refractivity contribution in [1.82, 2.24) is 5.32 Å². The van der Waals surface area contributed by atoms with Gasteiger partial charge in [-0.1, -0.05) is 47.5 Å². The maximum absolute atomic E-state index is 6.11. The Balaban J connectivity index is 1.89. The molecule has 0 aliphatic heterocycles. The molecule has 0 aliphatic carbocycles. The highest BCUT2D eigenvalue weighted by molar-refractivity contribution is 6.35. The Labute approximate surface area is 135 Å². The molecular formula is C17H17Cl2NO. The van der Waals surface area contributed by atoms with E-state index in [4.69, 9.17) is 27.9 Å². The molecule has 0 aromatic heterocycles. The van der Waals surface area contributed by atoms with Gasteiger partial charge in [-0.15, -0.1) is 6.58 Å². The molecule has 0 heterocycles. The molecule has 21 heavy (non-hydrogen) atoms. The summed E-state index contributed by atoms with van der Waals surface area (Å²) in [6, 6.07) is 13.4. The van der Waals surface area contributed by atoms with Gasteiger partial charge in [0.2, 0.25) is 0 Å². The number of hydrogen-bond donors (Lipinski definition) is 1. The van der Waals surface area contributed by atoms with E-state index >= 15 is 0 Å². The Kier molecular flexibility index (Phi) is 6.12. The first-order valence-corrected chi connectivity index (χ1v) is 7.42. The fourth-order valence-corrected chi connectivity index (χ4v) is 2.28. The molecule has 2 aromatic carbocycles. The topological polar surface area (TPSA) is 21.3 Å². The SMILES string of the molecule is C=CCNCc1ccc(OCc2ccc(Cl)cc2Cl)cc1. The van der Waals surface area contributed by atoms with Crippen LogP contribution in [0.5, 0.6) is 5.75 Å². The second-order valence-electron chi connectivity index (χ2n) is 4.59. The predicted octanol–water partition coefficient (Wildman–Crippen LogP) is 4.85. The van der Waals surface area contributed by atoms with E-state index in [2.05, 4.69) is 11.9 Å². The van der Waals surface area contributed by atoms with Crippen molar-refractivity contribution >= 4 is 23.2 Å². The van der Waals surface area contributed by atoms with Crippen LogP contribution in [0, 0.1) is 0 Å². The van der Waals surface area contributed by atoms with Gasteiger partial charge in [0.05, 0.1) is 0 Å². The third kappa shape index (κ3) is 5.09. The molecule has 0 spiro atoms. The average Bonchev–Trinajstić information content (AvgIpc) is 2.48. The largest absolute Gasteiger partial charge is 0.489 e. The monoisotopic (exact) mass is 321 g/mol. The molecule has 0 fully saturated rings. The van der Waals surface area contributed by atoms with Gasteiger partial charge in [0, 0.05) is 28.7 Å². The van der Waals surface area contributed by atoms with E-state index in [0.29, 0.717) is 16.7 Å². The zero-order chi connectivity index (χ0) is 15.1. The van der Waals surface area contributed by atoms with Crippen molar-refractivity contribution in [3.05, 3.63) is 76.3 Å². The van der Waals surface area contributed by atoms with Gasteiger partial charge in [-0.25, -0.2) is 0 Å². The molecule has 1 N–H and O–H groups in total. The first-order chi connectivity index (χ1) is 10.2. The minimum atomic E-state index is 0.421. The summed E-state index contributed by atoms with van der Waals surface area (Å²) in [4.78, 5) is 0. The molecule has 110 valence electrons. The van der Waals surface area contributed by atoms with Gasteiger partial charge in [-0.2, -0.15) is 0 Å². The van der Waals surface area contributed by atoms with Crippen molar-refractivity contribution < 1.29 is 4.74 Å². The van der Waals surface area contributed by atoms with E-state index in [1.807, 2.05) is 36.4 Å². The smallest absolute Gasteiger partial charge is 0.119 e. The Hall–Kier alpha value is -1.48. The molecule has 0 amide bonds. The van der Waals surface area contributed by atoms with Crippen LogP contribution in [0.4, 0.5) is 0 Å². The van der Waals surface area contributed by atoms with Crippen molar-refractivity contribution in [3.8, 4) is 5.75 Å². The maximum atomic E-state index is 6.11. The summed E-state index contributed by atoms with van der Waals surface area (Å²) in [6.45, 7) is 5.70. The molecule has 0 aliphatic rings. The highest BCUT2D eigenvalue weighted by atomic mass is 35.5. The lowest BCUT2D eigenvalue weighted by atomic mass is 10.2. The van der Waals surface area contributed by atoms with E-state index in [-0.39, 0.29) is 0 Å². The van der Waals surface area contributed by atoms with Gasteiger partial charge in [-0.3, -0.25) is 0 Å². The highest BCUT2D eigenvalue weighted by Gasteiger charge is 2.02. The van der Waals surface area contributed by atoms with Gasteiger partial charge in [0.15, 0.2) is 0 Å². The lowest BCUT2D eigenvalue weighted by molar-refractivity contribution is 0.306. The van der Waals surface area contributed by atoms with Gasteiger partial charge in [0.1, 0.15) is 12.4 Å². The van der Waals surface area contributed by atoms with Crippen LogP contribution in [0.1, 0.15) is 11.1 Å². The number of ether oxygens (including phenoxy) is 1. The summed E-state index contributed by atoms with van der Waals surface area (Å²) in [5.41, 5.74) is 2.12. The van der Waals surface area contributed by atoms with Gasteiger partial charge in [0.25, 0.3) is 0 Å². The second kappa shape index (κ2) is 8.08. The molecule has 0 unspecified atom stereocenters. The summed E-state index contributed by atoms with van der Waals surface area (Å²) in [5, 5.41) is 4.50. The highest BCUT2D eigenvalue weighted by Crippen LogP contribution is 2.22. The first kappa shape index (κ1) is 15.9. The number of rotatable bonds is 7. The molecule has 2 rings (SSSR count). The van der Waals surface area contributed by atoms with Crippen molar-refractivity contribution in [1.29, 1.82) is 0 Å². The van der Waals surface area contributed by atoms with E-state index < -0.39 is 0 Å². The fraction of sp³-hybridized carbons (Fsp3) is 0.176. The molecule has 2 aromatic rings. The van der Waals surface area contributed by atoms with Crippen LogP contribution < -0.4 is 10.1 Å². The molecule has 0 atom stereocenters. The molecule has 2 nitrogen and oxygen atoms in total. The third-order valence-corrected chi connectivity index (χ3v) is 3.54. The van der Waals surface area contributed by atoms with Gasteiger partial charge in [-0.05, 0) is 29.8 Å². The molecule has 0 bridgehead atoms. The summed E-state index contributed by atoms with van der Waals surface area (Å²) in [5.74, 6) is 0.813. The number of hydrogen-bond acceptors (Lipinski definition) is 2. The number of benzene rings is 2.